The molecule has 94 valence electrons. The Balaban J connectivity index is 1.89. The van der Waals surface area contributed by atoms with Crippen molar-refractivity contribution in [3.05, 3.63) is 17.5 Å². The largest absolute Gasteiger partial charge is 0.478 e. The number of nitrogens with zero attached hydrogens (tertiary/aromatic N) is 2. The number of aryl methyl sites for hydroxylation is 1. The molecule has 5 nitrogen and oxygen atoms in total. The van der Waals surface area contributed by atoms with Crippen LogP contribution in [0.3, 0.4) is 0 Å². The molecule has 0 amide bonds. The van der Waals surface area contributed by atoms with Crippen molar-refractivity contribution >= 4 is 17.7 Å². The van der Waals surface area contributed by atoms with Crippen molar-refractivity contribution in [2.75, 3.05) is 12.4 Å². The summed E-state index contributed by atoms with van der Waals surface area (Å²) in [5.41, 5.74) is 1.06. The van der Waals surface area contributed by atoms with E-state index in [4.69, 9.17) is 9.84 Å². The number of hydrogen-bond donors (Lipinski definition) is 1. The Morgan fingerprint density at radius 3 is 3.24 bits per heavy atom. The highest BCUT2D eigenvalue weighted by atomic mass is 32.2. The Morgan fingerprint density at radius 2 is 2.59 bits per heavy atom. The van der Waals surface area contributed by atoms with Crippen LogP contribution in [0, 0.1) is 0 Å². The number of thioether (sulfide) groups is 1. The van der Waals surface area contributed by atoms with E-state index >= 15 is 0 Å². The summed E-state index contributed by atoms with van der Waals surface area (Å²) < 4.78 is 7.15. The molecule has 0 aliphatic carbocycles. The summed E-state index contributed by atoms with van der Waals surface area (Å²) in [6, 6.07) is 0. The van der Waals surface area contributed by atoms with Gasteiger partial charge in [-0.05, 0) is 12.8 Å². The van der Waals surface area contributed by atoms with Crippen LogP contribution in [0.25, 0.3) is 0 Å². The fourth-order valence-corrected chi connectivity index (χ4v) is 3.05. The first-order valence-corrected chi connectivity index (χ1v) is 6.77. The van der Waals surface area contributed by atoms with Crippen LogP contribution in [-0.2, 0) is 17.5 Å². The third-order valence-corrected chi connectivity index (χ3v) is 3.94. The highest BCUT2D eigenvalue weighted by Crippen LogP contribution is 2.21. The van der Waals surface area contributed by atoms with Gasteiger partial charge < -0.3 is 9.84 Å². The van der Waals surface area contributed by atoms with Crippen molar-refractivity contribution in [1.82, 2.24) is 9.78 Å². The fraction of sp³-hybridized carbons (Fsp3) is 0.636. The second-order valence-corrected chi connectivity index (χ2v) is 5.11. The zero-order valence-corrected chi connectivity index (χ0v) is 10.6. The zero-order chi connectivity index (χ0) is 12.3. The Bertz CT molecular complexity index is 399. The van der Waals surface area contributed by atoms with Crippen LogP contribution in [0.15, 0.2) is 6.20 Å². The molecule has 1 aliphatic heterocycles. The van der Waals surface area contributed by atoms with Crippen LogP contribution in [0.2, 0.25) is 0 Å². The highest BCUT2D eigenvalue weighted by molar-refractivity contribution is 7.98. The first-order chi connectivity index (χ1) is 8.18. The molecular weight excluding hydrogens is 240 g/mol. The average Bonchev–Trinajstić information content (AvgIpc) is 2.89. The lowest BCUT2D eigenvalue weighted by Gasteiger charge is -2.09. The third-order valence-electron chi connectivity index (χ3n) is 2.86. The Kier molecular flexibility index (Phi) is 4.06. The van der Waals surface area contributed by atoms with Crippen LogP contribution in [-0.4, -0.2) is 39.3 Å². The Morgan fingerprint density at radius 1 is 1.76 bits per heavy atom. The van der Waals surface area contributed by atoms with Gasteiger partial charge in [-0.2, -0.15) is 16.9 Å². The van der Waals surface area contributed by atoms with Gasteiger partial charge in [-0.15, -0.1) is 0 Å². The van der Waals surface area contributed by atoms with E-state index in [0.717, 1.165) is 30.9 Å². The summed E-state index contributed by atoms with van der Waals surface area (Å²) in [6.07, 6.45) is 3.99. The van der Waals surface area contributed by atoms with Gasteiger partial charge in [0.2, 0.25) is 0 Å². The van der Waals surface area contributed by atoms with E-state index in [-0.39, 0.29) is 0 Å². The maximum Gasteiger partial charge on any atom is 0.339 e. The number of aromatic nitrogens is 2. The summed E-state index contributed by atoms with van der Waals surface area (Å²) in [7, 11) is 1.77. The molecule has 1 aromatic heterocycles. The molecule has 1 atom stereocenters. The van der Waals surface area contributed by atoms with E-state index in [2.05, 4.69) is 5.10 Å². The first kappa shape index (κ1) is 12.4. The van der Waals surface area contributed by atoms with Crippen LogP contribution in [0.1, 0.15) is 28.9 Å². The minimum Gasteiger partial charge on any atom is -0.478 e. The van der Waals surface area contributed by atoms with Crippen LogP contribution in [0.5, 0.6) is 0 Å². The van der Waals surface area contributed by atoms with Crippen molar-refractivity contribution < 1.29 is 14.6 Å². The molecular formula is C11H16N2O3S. The van der Waals surface area contributed by atoms with E-state index in [1.54, 1.807) is 23.5 Å². The first-order valence-electron chi connectivity index (χ1n) is 5.62. The number of carboxylic acids is 1. The van der Waals surface area contributed by atoms with Gasteiger partial charge in [0.25, 0.3) is 0 Å². The lowest BCUT2D eigenvalue weighted by atomic mass is 10.3. The molecule has 1 unspecified atom stereocenters. The second-order valence-electron chi connectivity index (χ2n) is 4.08. The normalized spacial score (nSPS) is 19.7. The fourth-order valence-electron chi connectivity index (χ4n) is 1.88. The number of aromatic carboxylic acids is 1. The molecule has 1 aliphatic rings. The Labute approximate surface area is 104 Å². The number of hydrogen-bond acceptors (Lipinski definition) is 4. The van der Waals surface area contributed by atoms with E-state index in [0.29, 0.717) is 17.4 Å². The van der Waals surface area contributed by atoms with Gasteiger partial charge in [0.05, 0.1) is 18.0 Å². The molecule has 1 saturated heterocycles. The molecule has 6 heteroatoms. The predicted octanol–water partition coefficient (Wildman–Crippen LogP) is 1.53. The standard InChI is InChI=1S/C11H16N2O3S/c1-13-10(9(5-12-13)11(14)15)7-17-6-8-3-2-4-16-8/h5,8H,2-4,6-7H2,1H3,(H,14,15). The van der Waals surface area contributed by atoms with Crippen LogP contribution >= 0.6 is 11.8 Å². The predicted molar refractivity (Wildman–Crippen MR) is 65.3 cm³/mol. The smallest absolute Gasteiger partial charge is 0.339 e. The molecule has 0 radical (unpaired) electrons. The number of ether oxygens (including phenoxy) is 1. The number of rotatable bonds is 5. The molecule has 2 rings (SSSR count). The van der Waals surface area contributed by atoms with Gasteiger partial charge >= 0.3 is 5.97 Å². The maximum atomic E-state index is 11.0. The number of carboxylic acid groups (broad SMARTS) is 1. The van der Waals surface area contributed by atoms with Gasteiger partial charge in [-0.25, -0.2) is 4.79 Å². The van der Waals surface area contributed by atoms with Gasteiger partial charge in [0.1, 0.15) is 5.56 Å². The summed E-state index contributed by atoms with van der Waals surface area (Å²) in [5, 5.41) is 13.0. The molecule has 1 N–H and O–H groups in total. The van der Waals surface area contributed by atoms with Crippen molar-refractivity contribution in [3.63, 3.8) is 0 Å². The van der Waals surface area contributed by atoms with Crippen molar-refractivity contribution in [3.8, 4) is 0 Å². The summed E-state index contributed by atoms with van der Waals surface area (Å²) in [4.78, 5) is 11.0. The molecule has 0 aromatic carbocycles. The van der Waals surface area contributed by atoms with Gasteiger partial charge in [0.15, 0.2) is 0 Å². The van der Waals surface area contributed by atoms with Gasteiger partial charge in [-0.3, -0.25) is 4.68 Å². The average molecular weight is 256 g/mol. The van der Waals surface area contributed by atoms with Crippen molar-refractivity contribution in [1.29, 1.82) is 0 Å². The van der Waals surface area contributed by atoms with Gasteiger partial charge in [-0.1, -0.05) is 0 Å². The summed E-state index contributed by atoms with van der Waals surface area (Å²) in [6.45, 7) is 0.858. The Hall–Kier alpha value is -1.01. The topological polar surface area (TPSA) is 64.4 Å². The van der Waals surface area contributed by atoms with E-state index in [1.807, 2.05) is 0 Å². The molecule has 1 aromatic rings. The second kappa shape index (κ2) is 5.55. The van der Waals surface area contributed by atoms with E-state index in [9.17, 15) is 4.79 Å². The monoisotopic (exact) mass is 256 g/mol. The molecule has 0 saturated carbocycles. The summed E-state index contributed by atoms with van der Waals surface area (Å²) in [5.74, 6) is 0.674. The van der Waals surface area contributed by atoms with Crippen LogP contribution in [0.4, 0.5) is 0 Å². The minimum absolute atomic E-state index is 0.298. The quantitative estimate of drug-likeness (QED) is 0.865. The van der Waals surface area contributed by atoms with Crippen molar-refractivity contribution in [2.45, 2.75) is 24.7 Å². The zero-order valence-electron chi connectivity index (χ0n) is 9.76. The third kappa shape index (κ3) is 3.01. The maximum absolute atomic E-state index is 11.0. The van der Waals surface area contributed by atoms with Gasteiger partial charge in [0, 0.05) is 25.2 Å². The molecule has 2 heterocycles. The van der Waals surface area contributed by atoms with E-state index in [1.165, 1.54) is 6.20 Å². The van der Waals surface area contributed by atoms with E-state index < -0.39 is 5.97 Å². The SMILES string of the molecule is Cn1ncc(C(=O)O)c1CSCC1CCCO1. The molecule has 1 fully saturated rings. The summed E-state index contributed by atoms with van der Waals surface area (Å²) >= 11 is 1.70. The van der Waals surface area contributed by atoms with Crippen LogP contribution < -0.4 is 0 Å². The molecule has 0 spiro atoms. The lowest BCUT2D eigenvalue weighted by molar-refractivity contribution is 0.0696. The lowest BCUT2D eigenvalue weighted by Crippen LogP contribution is -2.09. The number of carbonyl (C=O) groups is 1. The minimum atomic E-state index is -0.911. The molecule has 0 bridgehead atoms. The highest BCUT2D eigenvalue weighted by Gasteiger charge is 2.18. The molecule has 17 heavy (non-hydrogen) atoms. The van der Waals surface area contributed by atoms with Crippen molar-refractivity contribution in [2.24, 2.45) is 7.05 Å².